The van der Waals surface area contributed by atoms with Crippen LogP contribution in [0.15, 0.2) is 12.4 Å². The number of anilines is 1. The fraction of sp³-hybridized carbons (Fsp3) is 0.667. The molecule has 1 aromatic rings. The van der Waals surface area contributed by atoms with Crippen LogP contribution in [0.4, 0.5) is 5.82 Å². The van der Waals surface area contributed by atoms with Gasteiger partial charge in [0.1, 0.15) is 12.1 Å². The van der Waals surface area contributed by atoms with Crippen LogP contribution in [0.1, 0.15) is 25.5 Å². The van der Waals surface area contributed by atoms with Crippen molar-refractivity contribution >= 4 is 17.6 Å². The van der Waals surface area contributed by atoms with Crippen LogP contribution < -0.4 is 10.6 Å². The number of likely N-dealkylation sites (tertiary alicyclic amines) is 1. The summed E-state index contributed by atoms with van der Waals surface area (Å²) in [6.07, 6.45) is 4.12. The molecule has 0 aliphatic carbocycles. The molecule has 0 aromatic carbocycles. The van der Waals surface area contributed by atoms with Crippen molar-refractivity contribution in [1.29, 1.82) is 0 Å². The van der Waals surface area contributed by atoms with Gasteiger partial charge < -0.3 is 15.5 Å². The molecule has 3 heterocycles. The van der Waals surface area contributed by atoms with Crippen LogP contribution in [0, 0.1) is 5.92 Å². The summed E-state index contributed by atoms with van der Waals surface area (Å²) in [4.78, 5) is 38.7. The van der Waals surface area contributed by atoms with Crippen molar-refractivity contribution < 1.29 is 9.59 Å². The Hall–Kier alpha value is -2.22. The van der Waals surface area contributed by atoms with Crippen molar-refractivity contribution in [3.8, 4) is 0 Å². The second-order valence-corrected chi connectivity index (χ2v) is 7.05. The molecule has 2 amide bonds. The summed E-state index contributed by atoms with van der Waals surface area (Å²) < 4.78 is 0. The molecule has 0 atom stereocenters. The zero-order chi connectivity index (χ0) is 18.5. The second-order valence-electron chi connectivity index (χ2n) is 7.05. The van der Waals surface area contributed by atoms with E-state index in [9.17, 15) is 9.59 Å². The summed E-state index contributed by atoms with van der Waals surface area (Å²) in [7, 11) is 0. The fourth-order valence-electron chi connectivity index (χ4n) is 3.72. The third kappa shape index (κ3) is 4.49. The number of amides is 2. The number of carbonyl (C=O) groups is 2. The molecule has 8 nitrogen and oxygen atoms in total. The van der Waals surface area contributed by atoms with E-state index in [-0.39, 0.29) is 24.3 Å². The summed E-state index contributed by atoms with van der Waals surface area (Å²) in [6, 6.07) is 2.03. The Bertz CT molecular complexity index is 636. The quantitative estimate of drug-likeness (QED) is 0.787. The first-order chi connectivity index (χ1) is 12.6. The van der Waals surface area contributed by atoms with Gasteiger partial charge in [0, 0.05) is 43.9 Å². The zero-order valence-corrected chi connectivity index (χ0v) is 15.4. The summed E-state index contributed by atoms with van der Waals surface area (Å²) >= 11 is 0. The van der Waals surface area contributed by atoms with Crippen molar-refractivity contribution in [2.45, 2.75) is 26.2 Å². The molecule has 0 spiro atoms. The average molecular weight is 360 g/mol. The van der Waals surface area contributed by atoms with E-state index in [4.69, 9.17) is 5.73 Å². The van der Waals surface area contributed by atoms with Crippen LogP contribution in [0.2, 0.25) is 0 Å². The Balaban J connectivity index is 1.49. The van der Waals surface area contributed by atoms with Crippen LogP contribution in [0.25, 0.3) is 0 Å². The predicted molar refractivity (Wildman–Crippen MR) is 98.6 cm³/mol. The van der Waals surface area contributed by atoms with E-state index < -0.39 is 0 Å². The van der Waals surface area contributed by atoms with E-state index >= 15 is 0 Å². The van der Waals surface area contributed by atoms with E-state index in [1.807, 2.05) is 15.9 Å². The summed E-state index contributed by atoms with van der Waals surface area (Å²) in [5.74, 6) is 0.960. The number of nitrogens with two attached hydrogens (primary N) is 1. The molecule has 1 aromatic heterocycles. The number of rotatable bonds is 5. The standard InChI is InChI=1S/C18H28N6O2/c1-2-15-11-17(21-13-20-15)23-7-9-24(10-8-23)18(26)14-3-5-22(6-4-14)12-16(19)25/h11,13-14H,2-10,12H2,1H3,(H2,19,25). The summed E-state index contributed by atoms with van der Waals surface area (Å²) in [5, 5.41) is 0. The molecule has 2 aliphatic heterocycles. The van der Waals surface area contributed by atoms with E-state index in [1.165, 1.54) is 0 Å². The van der Waals surface area contributed by atoms with Crippen molar-refractivity contribution in [3.63, 3.8) is 0 Å². The lowest BCUT2D eigenvalue weighted by Gasteiger charge is -2.38. The van der Waals surface area contributed by atoms with Gasteiger partial charge in [-0.05, 0) is 32.4 Å². The lowest BCUT2D eigenvalue weighted by Crippen LogP contribution is -2.52. The second kappa shape index (κ2) is 8.44. The molecular formula is C18H28N6O2. The molecule has 2 N–H and O–H groups in total. The van der Waals surface area contributed by atoms with Crippen molar-refractivity contribution in [3.05, 3.63) is 18.1 Å². The molecule has 142 valence electrons. The highest BCUT2D eigenvalue weighted by Crippen LogP contribution is 2.21. The number of nitrogens with zero attached hydrogens (tertiary/aromatic N) is 5. The number of primary amides is 1. The normalized spacial score (nSPS) is 19.6. The smallest absolute Gasteiger partial charge is 0.231 e. The molecule has 2 aliphatic rings. The van der Waals surface area contributed by atoms with Crippen LogP contribution in [0.3, 0.4) is 0 Å². The van der Waals surface area contributed by atoms with Gasteiger partial charge in [-0.15, -0.1) is 0 Å². The Kier molecular flexibility index (Phi) is 6.03. The zero-order valence-electron chi connectivity index (χ0n) is 15.4. The highest BCUT2D eigenvalue weighted by Gasteiger charge is 2.30. The third-order valence-corrected chi connectivity index (χ3v) is 5.30. The Morgan fingerprint density at radius 2 is 1.81 bits per heavy atom. The molecule has 0 unspecified atom stereocenters. The number of piperazine rings is 1. The number of piperidine rings is 1. The number of hydrogen-bond donors (Lipinski definition) is 1. The average Bonchev–Trinajstić information content (AvgIpc) is 2.68. The predicted octanol–water partition coefficient (Wildman–Crippen LogP) is -0.115. The van der Waals surface area contributed by atoms with Crippen LogP contribution in [0.5, 0.6) is 0 Å². The molecule has 0 saturated carbocycles. The first kappa shape index (κ1) is 18.6. The van der Waals surface area contributed by atoms with Crippen molar-refractivity contribution in [2.75, 3.05) is 50.7 Å². The first-order valence-corrected chi connectivity index (χ1v) is 9.42. The van der Waals surface area contributed by atoms with E-state index in [2.05, 4.69) is 21.8 Å². The van der Waals surface area contributed by atoms with Gasteiger partial charge in [-0.2, -0.15) is 0 Å². The number of aromatic nitrogens is 2. The molecule has 2 fully saturated rings. The summed E-state index contributed by atoms with van der Waals surface area (Å²) in [6.45, 7) is 6.95. The molecule has 0 radical (unpaired) electrons. The minimum absolute atomic E-state index is 0.0661. The highest BCUT2D eigenvalue weighted by molar-refractivity contribution is 5.79. The molecule has 26 heavy (non-hydrogen) atoms. The summed E-state index contributed by atoms with van der Waals surface area (Å²) in [5.41, 5.74) is 6.28. The lowest BCUT2D eigenvalue weighted by atomic mass is 9.95. The number of aryl methyl sites for hydroxylation is 1. The first-order valence-electron chi connectivity index (χ1n) is 9.42. The van der Waals surface area contributed by atoms with Gasteiger partial charge in [0.05, 0.1) is 6.54 Å². The molecule has 2 saturated heterocycles. The lowest BCUT2D eigenvalue weighted by molar-refractivity contribution is -0.137. The minimum atomic E-state index is -0.304. The molecule has 8 heteroatoms. The van der Waals surface area contributed by atoms with Gasteiger partial charge >= 0.3 is 0 Å². The topological polar surface area (TPSA) is 95.7 Å². The van der Waals surface area contributed by atoms with Gasteiger partial charge in [0.15, 0.2) is 0 Å². The monoisotopic (exact) mass is 360 g/mol. The SMILES string of the molecule is CCc1cc(N2CCN(C(=O)C3CCN(CC(N)=O)CC3)CC2)ncn1. The van der Waals surface area contributed by atoms with Crippen molar-refractivity contribution in [1.82, 2.24) is 19.8 Å². The van der Waals surface area contributed by atoms with Crippen LogP contribution in [-0.4, -0.2) is 77.4 Å². The third-order valence-electron chi connectivity index (χ3n) is 5.30. The largest absolute Gasteiger partial charge is 0.369 e. The van der Waals surface area contributed by atoms with Gasteiger partial charge in [-0.1, -0.05) is 6.92 Å². The Morgan fingerprint density at radius 1 is 1.12 bits per heavy atom. The number of carbonyl (C=O) groups excluding carboxylic acids is 2. The minimum Gasteiger partial charge on any atom is -0.369 e. The van der Waals surface area contributed by atoms with Crippen LogP contribution in [-0.2, 0) is 16.0 Å². The van der Waals surface area contributed by atoms with E-state index in [1.54, 1.807) is 6.33 Å². The highest BCUT2D eigenvalue weighted by atomic mass is 16.2. The van der Waals surface area contributed by atoms with E-state index in [0.29, 0.717) is 0 Å². The van der Waals surface area contributed by atoms with Crippen LogP contribution >= 0.6 is 0 Å². The van der Waals surface area contributed by atoms with Crippen molar-refractivity contribution in [2.24, 2.45) is 11.7 Å². The van der Waals surface area contributed by atoms with Gasteiger partial charge in [-0.3, -0.25) is 14.5 Å². The maximum absolute atomic E-state index is 12.8. The maximum Gasteiger partial charge on any atom is 0.231 e. The number of hydrogen-bond acceptors (Lipinski definition) is 6. The Labute approximate surface area is 154 Å². The molecule has 3 rings (SSSR count). The fourth-order valence-corrected chi connectivity index (χ4v) is 3.72. The Morgan fingerprint density at radius 3 is 2.42 bits per heavy atom. The van der Waals surface area contributed by atoms with Gasteiger partial charge in [0.2, 0.25) is 11.8 Å². The maximum atomic E-state index is 12.8. The molecule has 0 bridgehead atoms. The molecular weight excluding hydrogens is 332 g/mol. The van der Waals surface area contributed by atoms with Gasteiger partial charge in [0.25, 0.3) is 0 Å². The van der Waals surface area contributed by atoms with E-state index in [0.717, 1.165) is 70.0 Å². The van der Waals surface area contributed by atoms with Gasteiger partial charge in [-0.25, -0.2) is 9.97 Å².